The number of hydrogen-bond acceptors (Lipinski definition) is 11. The first kappa shape index (κ1) is 25.5. The molecule has 0 bridgehead atoms. The van der Waals surface area contributed by atoms with Gasteiger partial charge in [0.2, 0.25) is 6.04 Å². The molecule has 1 aliphatic heterocycles. The molecule has 1 radical (unpaired) electrons. The lowest BCUT2D eigenvalue weighted by molar-refractivity contribution is -0.652. The number of nitrogens with zero attached hydrogens (tertiary/aromatic N) is 1. The number of carbonyl (C=O) groups is 1. The Labute approximate surface area is 177 Å². The molecule has 1 aromatic heterocycles. The molecule has 2 rings (SSSR count). The van der Waals surface area contributed by atoms with Crippen molar-refractivity contribution in [3.63, 3.8) is 0 Å². The van der Waals surface area contributed by atoms with E-state index in [1.165, 1.54) is 7.11 Å². The van der Waals surface area contributed by atoms with Crippen LogP contribution >= 0.6 is 8.09 Å². The van der Waals surface area contributed by atoms with Gasteiger partial charge in [0.25, 0.3) is 5.56 Å². The van der Waals surface area contributed by atoms with Gasteiger partial charge in [0, 0.05) is 12.3 Å². The summed E-state index contributed by atoms with van der Waals surface area (Å²) in [6, 6.07) is 0.0365. The molecule has 14 nitrogen and oxygen atoms in total. The number of rotatable bonds is 10. The van der Waals surface area contributed by atoms with Crippen LogP contribution in [0.15, 0.2) is 21.9 Å². The highest BCUT2D eigenvalue weighted by atomic mass is 31.2. The second-order valence-corrected chi connectivity index (χ2v) is 9.09. The van der Waals surface area contributed by atoms with E-state index >= 15 is 0 Å². The van der Waals surface area contributed by atoms with Crippen LogP contribution in [-0.4, -0.2) is 63.8 Å². The minimum Gasteiger partial charge on any atom is -0.611 e. The van der Waals surface area contributed by atoms with Crippen molar-refractivity contribution >= 4 is 14.1 Å². The lowest BCUT2D eigenvalue weighted by atomic mass is 10.1. The van der Waals surface area contributed by atoms with Gasteiger partial charge in [-0.05, 0) is 17.0 Å². The van der Waals surface area contributed by atoms with Crippen LogP contribution in [0.1, 0.15) is 26.5 Å². The largest absolute Gasteiger partial charge is 0.611 e. The molecule has 1 fully saturated rings. The number of hydrogen-bond donors (Lipinski definition) is 5. The molecule has 1 saturated heterocycles. The van der Waals surface area contributed by atoms with Crippen molar-refractivity contribution in [1.29, 1.82) is 0 Å². The van der Waals surface area contributed by atoms with Crippen molar-refractivity contribution in [3.8, 4) is 0 Å². The van der Waals surface area contributed by atoms with Crippen LogP contribution in [0.2, 0.25) is 0 Å². The number of aliphatic hydroxyl groups excluding tert-OH is 2. The predicted molar refractivity (Wildman–Crippen MR) is 102 cm³/mol. The highest BCUT2D eigenvalue weighted by Gasteiger charge is 2.48. The minimum atomic E-state index is -4.14. The van der Waals surface area contributed by atoms with E-state index in [9.17, 15) is 29.5 Å². The average molecular weight is 467 g/mol. The maximum absolute atomic E-state index is 12.9. The second kappa shape index (κ2) is 10.7. The van der Waals surface area contributed by atoms with Crippen molar-refractivity contribution in [1.82, 2.24) is 14.6 Å². The molecule has 0 saturated carbocycles. The third kappa shape index (κ3) is 6.38. The molecular formula is C16H28N4O10P+2. The maximum Gasteiger partial charge on any atom is 0.594 e. The molecule has 31 heavy (non-hydrogen) atoms. The lowest BCUT2D eigenvalue weighted by Crippen LogP contribution is -2.56. The molecule has 175 valence electrons. The number of nitrogens with one attached hydrogen (secondary N) is 2. The van der Waals surface area contributed by atoms with Crippen molar-refractivity contribution in [2.24, 2.45) is 5.92 Å². The normalized spacial score (nSPS) is 26.6. The van der Waals surface area contributed by atoms with Crippen molar-refractivity contribution in [3.05, 3.63) is 33.1 Å². The van der Waals surface area contributed by atoms with Gasteiger partial charge >= 0.3 is 19.8 Å². The van der Waals surface area contributed by atoms with E-state index in [4.69, 9.17) is 9.26 Å². The predicted octanol–water partition coefficient (Wildman–Crippen LogP) is -3.44. The number of aliphatic hydroxyl groups is 2. The summed E-state index contributed by atoms with van der Waals surface area (Å²) in [5, 5.41) is 22.9. The van der Waals surface area contributed by atoms with Gasteiger partial charge < -0.3 is 24.6 Å². The van der Waals surface area contributed by atoms with E-state index in [1.807, 2.05) is 18.8 Å². The summed E-state index contributed by atoms with van der Waals surface area (Å²) < 4.78 is 21.0. The van der Waals surface area contributed by atoms with E-state index in [2.05, 4.69) is 20.3 Å². The molecule has 6 atom stereocenters. The number of carbonyl (C=O) groups excluding carboxylic acids is 1. The molecule has 0 aliphatic carbocycles. The Bertz CT molecular complexity index is 863. The minimum absolute atomic E-state index is 0.0429. The monoisotopic (exact) mass is 467 g/mol. The van der Waals surface area contributed by atoms with Gasteiger partial charge in [0.1, 0.15) is 24.9 Å². The van der Waals surface area contributed by atoms with E-state index < -0.39 is 62.5 Å². The Balaban J connectivity index is 2.09. The van der Waals surface area contributed by atoms with Crippen molar-refractivity contribution in [2.75, 3.05) is 13.7 Å². The molecule has 0 aromatic carbocycles. The van der Waals surface area contributed by atoms with Crippen LogP contribution in [0.3, 0.4) is 0 Å². The van der Waals surface area contributed by atoms with Gasteiger partial charge in [-0.25, -0.2) is 4.79 Å². The SMILES string of the molecule is C[O+]C(=O)C(CC(C)C)N[P+]([O-])(O[NH3+])OC[C@@H]1O[C@H](n2ccc(=O)[nH]c2=O)[C@H](O)[C@H]1O. The number of aromatic amines is 1. The first-order chi connectivity index (χ1) is 14.5. The lowest BCUT2D eigenvalue weighted by Gasteiger charge is -2.26. The Hall–Kier alpha value is -1.74. The zero-order valence-electron chi connectivity index (χ0n) is 17.3. The van der Waals surface area contributed by atoms with Crippen LogP contribution in [0.25, 0.3) is 0 Å². The number of ether oxygens (including phenoxy) is 2. The van der Waals surface area contributed by atoms with Crippen LogP contribution < -0.4 is 27.1 Å². The van der Waals surface area contributed by atoms with Gasteiger partial charge in [0.15, 0.2) is 13.3 Å². The summed E-state index contributed by atoms with van der Waals surface area (Å²) in [6.07, 6.45) is -4.25. The highest BCUT2D eigenvalue weighted by molar-refractivity contribution is 7.56. The van der Waals surface area contributed by atoms with Gasteiger partial charge in [-0.1, -0.05) is 13.8 Å². The molecule has 2 heterocycles. The quantitative estimate of drug-likeness (QED) is 0.0987. The highest BCUT2D eigenvalue weighted by Crippen LogP contribution is 2.47. The van der Waals surface area contributed by atoms with Crippen molar-refractivity contribution < 1.29 is 44.4 Å². The fraction of sp³-hybridized carbons (Fsp3) is 0.688. The zero-order chi connectivity index (χ0) is 23.3. The zero-order valence-corrected chi connectivity index (χ0v) is 18.2. The molecular weight excluding hydrogens is 439 g/mol. The number of esters is 1. The maximum atomic E-state index is 12.9. The molecule has 0 amide bonds. The van der Waals surface area contributed by atoms with Crippen LogP contribution in [0.5, 0.6) is 0 Å². The molecule has 7 N–H and O–H groups in total. The molecule has 0 spiro atoms. The summed E-state index contributed by atoms with van der Waals surface area (Å²) in [5.41, 5.74) is -1.50. The summed E-state index contributed by atoms with van der Waals surface area (Å²) in [7, 11) is -2.96. The fourth-order valence-corrected chi connectivity index (χ4v) is 4.17. The Kier molecular flexibility index (Phi) is 8.83. The number of aromatic nitrogens is 2. The van der Waals surface area contributed by atoms with Gasteiger partial charge in [-0.15, -0.1) is 5.09 Å². The Morgan fingerprint density at radius 1 is 1.45 bits per heavy atom. The standard InChI is InChI=1S/C16H27N4O10P/c1-8(2)6-9(15(24)27-3)19-31(26,30-17)28-7-10-12(22)13(23)14(29-10)20-5-4-11(21)18-16(20)25/h4-5,8-10,12-14,22-23H,6-7H2,1-3,17H3,(H-,18,19,21,25,26)/q+1/p+1/t9?,10-,12-,13+,14-,31?/m0/s1. The summed E-state index contributed by atoms with van der Waals surface area (Å²) in [4.78, 5) is 50.0. The fourth-order valence-electron chi connectivity index (χ4n) is 3.01. The third-order valence-electron chi connectivity index (χ3n) is 4.55. The summed E-state index contributed by atoms with van der Waals surface area (Å²) >= 11 is 0. The summed E-state index contributed by atoms with van der Waals surface area (Å²) in [5.74, 6) is 2.46. The number of quaternary nitrogens is 1. The van der Waals surface area contributed by atoms with E-state index in [0.29, 0.717) is 0 Å². The smallest absolute Gasteiger partial charge is 0.594 e. The molecule has 1 aromatic rings. The van der Waals surface area contributed by atoms with E-state index in [-0.39, 0.29) is 12.3 Å². The molecule has 2 unspecified atom stereocenters. The molecule has 1 aliphatic rings. The molecule has 15 heteroatoms. The van der Waals surface area contributed by atoms with E-state index in [0.717, 1.165) is 16.8 Å². The van der Waals surface area contributed by atoms with Gasteiger partial charge in [0.05, 0.1) is 4.79 Å². The van der Waals surface area contributed by atoms with E-state index in [1.54, 1.807) is 0 Å². The third-order valence-corrected chi connectivity index (χ3v) is 6.00. The average Bonchev–Trinajstić information content (AvgIpc) is 2.99. The summed E-state index contributed by atoms with van der Waals surface area (Å²) in [6.45, 7) is 3.15. The van der Waals surface area contributed by atoms with Crippen LogP contribution in [-0.2, 0) is 23.4 Å². The number of H-pyrrole nitrogens is 1. The van der Waals surface area contributed by atoms with Crippen molar-refractivity contribution in [2.45, 2.75) is 50.8 Å². The van der Waals surface area contributed by atoms with Crippen LogP contribution in [0, 0.1) is 5.92 Å². The van der Waals surface area contributed by atoms with Crippen LogP contribution in [0.4, 0.5) is 0 Å². The first-order valence-corrected chi connectivity index (χ1v) is 10.9. The van der Waals surface area contributed by atoms with Gasteiger partial charge in [-0.3, -0.25) is 14.3 Å². The Morgan fingerprint density at radius 3 is 2.68 bits per heavy atom. The van der Waals surface area contributed by atoms with Gasteiger partial charge in [-0.2, -0.15) is 10.4 Å². The topological polar surface area (TPSA) is 214 Å². The Morgan fingerprint density at radius 2 is 2.13 bits per heavy atom. The number of methoxy groups -OCH3 is 1. The first-order valence-electron chi connectivity index (χ1n) is 9.38. The second-order valence-electron chi connectivity index (χ2n) is 7.32.